The third-order valence-electron chi connectivity index (χ3n) is 3.14. The van der Waals surface area contributed by atoms with E-state index in [1.54, 1.807) is 6.08 Å². The van der Waals surface area contributed by atoms with E-state index < -0.39 is 0 Å². The highest BCUT2D eigenvalue weighted by Crippen LogP contribution is 2.25. The highest BCUT2D eigenvalue weighted by Gasteiger charge is 2.10. The lowest BCUT2D eigenvalue weighted by atomic mass is 10.1. The van der Waals surface area contributed by atoms with Gasteiger partial charge >= 0.3 is 0 Å². The second-order valence-electron chi connectivity index (χ2n) is 4.62. The predicted molar refractivity (Wildman–Crippen MR) is 73.4 cm³/mol. The van der Waals surface area contributed by atoms with E-state index in [1.807, 2.05) is 12.2 Å². The van der Waals surface area contributed by atoms with Crippen LogP contribution in [0.2, 0.25) is 0 Å². The van der Waals surface area contributed by atoms with Crippen molar-refractivity contribution in [1.29, 1.82) is 0 Å². The fourth-order valence-corrected chi connectivity index (χ4v) is 2.17. The third-order valence-corrected chi connectivity index (χ3v) is 3.14. The second-order valence-corrected chi connectivity index (χ2v) is 4.62. The van der Waals surface area contributed by atoms with Crippen molar-refractivity contribution >= 4 is 0 Å². The number of hydrogen-bond donors (Lipinski definition) is 0. The fraction of sp³-hybridized carbons (Fsp3) is 0.500. The van der Waals surface area contributed by atoms with Gasteiger partial charge in [0, 0.05) is 0 Å². The van der Waals surface area contributed by atoms with E-state index >= 15 is 0 Å². The Morgan fingerprint density at radius 3 is 2.69 bits per heavy atom. The Hall–Kier alpha value is -1.04. The smallest absolute Gasteiger partial charge is 0.0234 e. The van der Waals surface area contributed by atoms with Crippen LogP contribution in [0.3, 0.4) is 0 Å². The monoisotopic (exact) mass is 216 g/mol. The van der Waals surface area contributed by atoms with Crippen molar-refractivity contribution in [3.63, 3.8) is 0 Å². The summed E-state index contributed by atoms with van der Waals surface area (Å²) in [5.41, 5.74) is 1.20. The van der Waals surface area contributed by atoms with Crippen molar-refractivity contribution in [3.8, 4) is 0 Å². The van der Waals surface area contributed by atoms with Crippen LogP contribution in [0.25, 0.3) is 0 Å². The van der Waals surface area contributed by atoms with E-state index in [1.165, 1.54) is 44.1 Å². The fourth-order valence-electron chi connectivity index (χ4n) is 2.17. The molecule has 0 aromatic heterocycles. The molecule has 0 aromatic carbocycles. The first kappa shape index (κ1) is 13.0. The minimum Gasteiger partial charge on any atom is -0.0991 e. The molecular weight excluding hydrogens is 192 g/mol. The topological polar surface area (TPSA) is 0 Å². The lowest BCUT2D eigenvalue weighted by Crippen LogP contribution is -1.85. The van der Waals surface area contributed by atoms with Crippen LogP contribution in [0.5, 0.6) is 0 Å². The van der Waals surface area contributed by atoms with Gasteiger partial charge in [0.2, 0.25) is 0 Å². The Balaban J connectivity index is 2.04. The van der Waals surface area contributed by atoms with Gasteiger partial charge in [0.1, 0.15) is 0 Å². The molecule has 16 heavy (non-hydrogen) atoms. The van der Waals surface area contributed by atoms with Crippen LogP contribution >= 0.6 is 0 Å². The average molecular weight is 216 g/mol. The van der Waals surface area contributed by atoms with Crippen molar-refractivity contribution in [2.45, 2.75) is 44.9 Å². The molecule has 1 rings (SSSR count). The lowest BCUT2D eigenvalue weighted by molar-refractivity contribution is 0.680. The van der Waals surface area contributed by atoms with Gasteiger partial charge in [-0.3, -0.25) is 0 Å². The minimum absolute atomic E-state index is 0.879. The summed E-state index contributed by atoms with van der Waals surface area (Å²) in [6, 6.07) is 0. The summed E-state index contributed by atoms with van der Waals surface area (Å²) in [6.07, 6.45) is 19.8. The maximum atomic E-state index is 4.01. The summed E-state index contributed by atoms with van der Waals surface area (Å²) in [4.78, 5) is 0. The van der Waals surface area contributed by atoms with E-state index in [0.29, 0.717) is 0 Å². The zero-order chi connectivity index (χ0) is 11.6. The molecule has 0 amide bonds. The third kappa shape index (κ3) is 5.75. The Morgan fingerprint density at radius 1 is 1.25 bits per heavy atom. The molecule has 1 fully saturated rings. The van der Waals surface area contributed by atoms with Gasteiger partial charge in [-0.25, -0.2) is 0 Å². The summed E-state index contributed by atoms with van der Waals surface area (Å²) in [5, 5.41) is 0. The molecule has 1 aliphatic rings. The first-order valence-electron chi connectivity index (χ1n) is 6.46. The molecule has 0 saturated heterocycles. The van der Waals surface area contributed by atoms with Crippen LogP contribution in [0.1, 0.15) is 44.9 Å². The first-order chi connectivity index (χ1) is 7.83. The SMILES string of the molecule is C=C/C=C\C(=C)CCC/C=C/C1CCCC1. The molecule has 1 aliphatic carbocycles. The highest BCUT2D eigenvalue weighted by molar-refractivity contribution is 5.17. The van der Waals surface area contributed by atoms with Crippen molar-refractivity contribution in [1.82, 2.24) is 0 Å². The van der Waals surface area contributed by atoms with E-state index in [2.05, 4.69) is 25.3 Å². The lowest BCUT2D eigenvalue weighted by Gasteiger charge is -2.00. The zero-order valence-corrected chi connectivity index (χ0v) is 10.3. The summed E-state index contributed by atoms with van der Waals surface area (Å²) >= 11 is 0. The van der Waals surface area contributed by atoms with Crippen LogP contribution in [0, 0.1) is 5.92 Å². The van der Waals surface area contributed by atoms with Gasteiger partial charge in [-0.2, -0.15) is 0 Å². The maximum Gasteiger partial charge on any atom is -0.0234 e. The Labute approximate surface area is 100 Å². The summed E-state index contributed by atoms with van der Waals surface area (Å²) in [6.45, 7) is 7.66. The first-order valence-corrected chi connectivity index (χ1v) is 6.46. The minimum atomic E-state index is 0.879. The molecule has 0 atom stereocenters. The molecule has 0 heteroatoms. The van der Waals surface area contributed by atoms with Crippen LogP contribution in [-0.4, -0.2) is 0 Å². The van der Waals surface area contributed by atoms with Crippen LogP contribution < -0.4 is 0 Å². The van der Waals surface area contributed by atoms with Gasteiger partial charge in [-0.05, 0) is 38.0 Å². The molecule has 0 unspecified atom stereocenters. The summed E-state index contributed by atoms with van der Waals surface area (Å²) < 4.78 is 0. The average Bonchev–Trinajstić information content (AvgIpc) is 2.79. The van der Waals surface area contributed by atoms with Crippen molar-refractivity contribution in [2.24, 2.45) is 5.92 Å². The predicted octanol–water partition coefficient (Wildman–Crippen LogP) is 5.20. The second kappa shape index (κ2) is 8.15. The number of unbranched alkanes of at least 4 members (excludes halogenated alkanes) is 1. The van der Waals surface area contributed by atoms with Crippen LogP contribution in [0.4, 0.5) is 0 Å². The number of allylic oxidation sites excluding steroid dienone is 6. The highest BCUT2D eigenvalue weighted by atomic mass is 14.2. The van der Waals surface area contributed by atoms with Crippen LogP contribution in [-0.2, 0) is 0 Å². The normalized spacial score (nSPS) is 17.5. The van der Waals surface area contributed by atoms with E-state index in [9.17, 15) is 0 Å². The largest absolute Gasteiger partial charge is 0.0991 e. The molecule has 0 N–H and O–H groups in total. The van der Waals surface area contributed by atoms with E-state index in [-0.39, 0.29) is 0 Å². The Morgan fingerprint density at radius 2 is 2.00 bits per heavy atom. The Bertz CT molecular complexity index is 262. The summed E-state index contributed by atoms with van der Waals surface area (Å²) in [5.74, 6) is 0.879. The van der Waals surface area contributed by atoms with Gasteiger partial charge in [0.25, 0.3) is 0 Å². The van der Waals surface area contributed by atoms with Gasteiger partial charge in [-0.15, -0.1) is 0 Å². The molecule has 0 radical (unpaired) electrons. The quantitative estimate of drug-likeness (QED) is 0.311. The van der Waals surface area contributed by atoms with Crippen molar-refractivity contribution in [2.75, 3.05) is 0 Å². The Kier molecular flexibility index (Phi) is 6.64. The van der Waals surface area contributed by atoms with Gasteiger partial charge in [0.05, 0.1) is 0 Å². The molecule has 88 valence electrons. The number of hydrogen-bond acceptors (Lipinski definition) is 0. The van der Waals surface area contributed by atoms with Gasteiger partial charge < -0.3 is 0 Å². The van der Waals surface area contributed by atoms with Crippen LogP contribution in [0.15, 0.2) is 49.1 Å². The molecule has 0 aromatic rings. The molecule has 1 saturated carbocycles. The molecule has 0 heterocycles. The number of rotatable bonds is 7. The molecule has 0 bridgehead atoms. The van der Waals surface area contributed by atoms with E-state index in [4.69, 9.17) is 0 Å². The maximum absolute atomic E-state index is 4.01. The molecule has 0 nitrogen and oxygen atoms in total. The van der Waals surface area contributed by atoms with Crippen molar-refractivity contribution < 1.29 is 0 Å². The molecular formula is C16H24. The van der Waals surface area contributed by atoms with Gasteiger partial charge in [0.15, 0.2) is 0 Å². The molecule has 0 spiro atoms. The van der Waals surface area contributed by atoms with Crippen molar-refractivity contribution in [3.05, 3.63) is 49.1 Å². The molecule has 0 aliphatic heterocycles. The van der Waals surface area contributed by atoms with E-state index in [0.717, 1.165) is 12.3 Å². The zero-order valence-electron chi connectivity index (χ0n) is 10.3. The standard InChI is InChI=1S/C16H24/c1-3-4-10-15(2)11-6-5-7-12-16-13-8-9-14-16/h3-4,7,10,12,16H,1-2,5-6,8-9,11,13-14H2/b10-4-,12-7+. The summed E-state index contributed by atoms with van der Waals surface area (Å²) in [7, 11) is 0. The van der Waals surface area contributed by atoms with Gasteiger partial charge in [-0.1, -0.05) is 62.0 Å².